The second-order valence-electron chi connectivity index (χ2n) is 6.96. The van der Waals surface area contributed by atoms with Crippen molar-refractivity contribution < 1.29 is 26.0 Å². The van der Waals surface area contributed by atoms with E-state index in [0.717, 1.165) is 28.1 Å². The second kappa shape index (κ2) is 8.32. The second-order valence-corrected chi connectivity index (χ2v) is 11.1. The van der Waals surface area contributed by atoms with Gasteiger partial charge in [0.2, 0.25) is 20.0 Å². The summed E-state index contributed by atoms with van der Waals surface area (Å²) in [6.07, 6.45) is 0.625. The molecule has 0 radical (unpaired) electrons. The fraction of sp³-hybridized carbons (Fsp3) is 0.316. The van der Waals surface area contributed by atoms with E-state index in [1.807, 2.05) is 12.1 Å². The summed E-state index contributed by atoms with van der Waals surface area (Å²) in [5.41, 5.74) is 1.51. The Balaban J connectivity index is 1.68. The van der Waals surface area contributed by atoms with E-state index < -0.39 is 36.7 Å². The molecular formula is C19H22FN3O5S2. The Morgan fingerprint density at radius 2 is 1.83 bits per heavy atom. The normalized spacial score (nSPS) is 14.1. The number of carbonyl (C=O) groups excluding carboxylic acids is 1. The average molecular weight is 456 g/mol. The molecule has 1 amide bonds. The van der Waals surface area contributed by atoms with Crippen molar-refractivity contribution in [1.29, 1.82) is 0 Å². The maximum atomic E-state index is 14.0. The first kappa shape index (κ1) is 22.2. The van der Waals surface area contributed by atoms with E-state index in [1.165, 1.54) is 18.4 Å². The Hall–Kier alpha value is -2.50. The van der Waals surface area contributed by atoms with Gasteiger partial charge in [0.25, 0.3) is 5.91 Å². The van der Waals surface area contributed by atoms with Gasteiger partial charge in [-0.15, -0.1) is 0 Å². The number of halogens is 1. The van der Waals surface area contributed by atoms with Crippen LogP contribution in [0.25, 0.3) is 0 Å². The quantitative estimate of drug-likeness (QED) is 0.676. The van der Waals surface area contributed by atoms with Gasteiger partial charge in [0.05, 0.1) is 11.4 Å². The summed E-state index contributed by atoms with van der Waals surface area (Å²) in [5.74, 6) is -1.99. The fourth-order valence-electron chi connectivity index (χ4n) is 3.14. The number of carbonyl (C=O) groups is 1. The highest BCUT2D eigenvalue weighted by Crippen LogP contribution is 2.29. The minimum Gasteiger partial charge on any atom is -0.351 e. The third-order valence-corrected chi connectivity index (χ3v) is 8.38. The minimum absolute atomic E-state index is 0.0826. The first-order valence-corrected chi connectivity index (χ1v) is 12.2. The van der Waals surface area contributed by atoms with Gasteiger partial charge in [0, 0.05) is 32.7 Å². The molecule has 0 saturated heterocycles. The summed E-state index contributed by atoms with van der Waals surface area (Å²) in [4.78, 5) is 11.7. The van der Waals surface area contributed by atoms with E-state index in [1.54, 1.807) is 12.1 Å². The average Bonchev–Trinajstić information content (AvgIpc) is 3.13. The van der Waals surface area contributed by atoms with Crippen LogP contribution >= 0.6 is 0 Å². The van der Waals surface area contributed by atoms with E-state index in [-0.39, 0.29) is 17.9 Å². The number of nitrogens with one attached hydrogen (secondary N) is 1. The summed E-state index contributed by atoms with van der Waals surface area (Å²) in [7, 11) is -5.21. The van der Waals surface area contributed by atoms with Gasteiger partial charge in [0.1, 0.15) is 10.7 Å². The molecule has 2 aromatic rings. The molecule has 8 nitrogen and oxygen atoms in total. The van der Waals surface area contributed by atoms with Crippen LogP contribution in [-0.4, -0.2) is 60.0 Å². The molecule has 30 heavy (non-hydrogen) atoms. The van der Waals surface area contributed by atoms with Gasteiger partial charge in [-0.3, -0.25) is 9.10 Å². The van der Waals surface area contributed by atoms with Crippen molar-refractivity contribution in [3.05, 3.63) is 59.4 Å². The summed E-state index contributed by atoms with van der Waals surface area (Å²) < 4.78 is 65.8. The maximum absolute atomic E-state index is 14.0. The molecule has 0 unspecified atom stereocenters. The number of benzene rings is 2. The molecular weight excluding hydrogens is 433 g/mol. The number of amides is 1. The van der Waals surface area contributed by atoms with Crippen LogP contribution in [-0.2, 0) is 26.5 Å². The van der Waals surface area contributed by atoms with Crippen LogP contribution in [0.4, 0.5) is 10.1 Å². The molecule has 1 N–H and O–H groups in total. The lowest BCUT2D eigenvalue weighted by Crippen LogP contribution is -2.37. The molecule has 2 aromatic carbocycles. The summed E-state index contributed by atoms with van der Waals surface area (Å²) in [5, 5.41) is 2.45. The van der Waals surface area contributed by atoms with E-state index >= 15 is 0 Å². The number of para-hydroxylation sites is 1. The minimum atomic E-state index is -4.07. The zero-order valence-electron chi connectivity index (χ0n) is 16.5. The van der Waals surface area contributed by atoms with Crippen molar-refractivity contribution in [1.82, 2.24) is 9.62 Å². The largest absolute Gasteiger partial charge is 0.351 e. The van der Waals surface area contributed by atoms with Gasteiger partial charge < -0.3 is 5.32 Å². The van der Waals surface area contributed by atoms with Gasteiger partial charge >= 0.3 is 0 Å². The molecule has 1 heterocycles. The standard InChI is InChI=1S/C19H22FN3O5S2/c1-22(2)30(27,28)18-13-15(7-8-16(18)20)19(24)21-10-12-29(25,26)23-11-9-14-5-3-4-6-17(14)23/h3-8,13H,9-12H2,1-2H3,(H,21,24). The Bertz CT molecular complexity index is 1180. The topological polar surface area (TPSA) is 104 Å². The van der Waals surface area contributed by atoms with E-state index in [2.05, 4.69) is 5.32 Å². The number of fused-ring (bicyclic) bond motifs is 1. The maximum Gasteiger partial charge on any atom is 0.251 e. The van der Waals surface area contributed by atoms with Crippen LogP contribution in [0.3, 0.4) is 0 Å². The zero-order valence-corrected chi connectivity index (χ0v) is 18.1. The summed E-state index contributed by atoms with van der Waals surface area (Å²) in [6.45, 7) is 0.173. The molecule has 11 heteroatoms. The molecule has 0 atom stereocenters. The monoisotopic (exact) mass is 455 g/mol. The highest BCUT2D eigenvalue weighted by Gasteiger charge is 2.29. The van der Waals surface area contributed by atoms with Crippen LogP contribution in [0.2, 0.25) is 0 Å². The van der Waals surface area contributed by atoms with Crippen LogP contribution in [0, 0.1) is 5.82 Å². The summed E-state index contributed by atoms with van der Waals surface area (Å²) in [6, 6.07) is 10.2. The molecule has 0 bridgehead atoms. The molecule has 162 valence electrons. The predicted octanol–water partition coefficient (Wildman–Crippen LogP) is 1.20. The molecule has 0 aromatic heterocycles. The molecule has 0 spiro atoms. The van der Waals surface area contributed by atoms with Crippen molar-refractivity contribution in [2.24, 2.45) is 0 Å². The van der Waals surface area contributed by atoms with Gasteiger partial charge in [-0.25, -0.2) is 25.5 Å². The zero-order chi connectivity index (χ0) is 22.1. The first-order chi connectivity index (χ1) is 14.0. The number of hydrogen-bond donors (Lipinski definition) is 1. The number of nitrogens with zero attached hydrogens (tertiary/aromatic N) is 2. The van der Waals surface area contributed by atoms with Crippen LogP contribution in [0.1, 0.15) is 15.9 Å². The molecule has 1 aliphatic rings. The fourth-order valence-corrected chi connectivity index (χ4v) is 5.55. The Labute approximate surface area is 175 Å². The van der Waals surface area contributed by atoms with Gasteiger partial charge in [-0.2, -0.15) is 0 Å². The molecule has 0 aliphatic carbocycles. The van der Waals surface area contributed by atoms with E-state index in [4.69, 9.17) is 0 Å². The number of sulfonamides is 2. The number of hydrogen-bond acceptors (Lipinski definition) is 5. The van der Waals surface area contributed by atoms with Crippen LogP contribution < -0.4 is 9.62 Å². The van der Waals surface area contributed by atoms with E-state index in [0.29, 0.717) is 18.7 Å². The number of anilines is 1. The third kappa shape index (κ3) is 4.32. The predicted molar refractivity (Wildman–Crippen MR) is 111 cm³/mol. The van der Waals surface area contributed by atoms with Crippen molar-refractivity contribution in [3.8, 4) is 0 Å². The molecule has 0 saturated carbocycles. The Morgan fingerprint density at radius 1 is 1.13 bits per heavy atom. The van der Waals surface area contributed by atoms with Crippen molar-refractivity contribution in [2.45, 2.75) is 11.3 Å². The lowest BCUT2D eigenvalue weighted by atomic mass is 10.2. The SMILES string of the molecule is CN(C)S(=O)(=O)c1cc(C(=O)NCCS(=O)(=O)N2CCc3ccccc32)ccc1F. The van der Waals surface area contributed by atoms with Gasteiger partial charge in [-0.05, 0) is 36.2 Å². The molecule has 0 fully saturated rings. The lowest BCUT2D eigenvalue weighted by Gasteiger charge is -2.19. The smallest absolute Gasteiger partial charge is 0.251 e. The molecule has 1 aliphatic heterocycles. The highest BCUT2D eigenvalue weighted by molar-refractivity contribution is 7.92. The first-order valence-electron chi connectivity index (χ1n) is 9.12. The lowest BCUT2D eigenvalue weighted by molar-refractivity contribution is 0.0956. The number of rotatable bonds is 7. The van der Waals surface area contributed by atoms with Crippen molar-refractivity contribution in [2.75, 3.05) is 37.2 Å². The van der Waals surface area contributed by atoms with Crippen molar-refractivity contribution in [3.63, 3.8) is 0 Å². The van der Waals surface area contributed by atoms with Gasteiger partial charge in [-0.1, -0.05) is 18.2 Å². The molecule has 3 rings (SSSR count). The highest BCUT2D eigenvalue weighted by atomic mass is 32.2. The van der Waals surface area contributed by atoms with E-state index in [9.17, 15) is 26.0 Å². The van der Waals surface area contributed by atoms with Gasteiger partial charge in [0.15, 0.2) is 0 Å². The van der Waals surface area contributed by atoms with Crippen molar-refractivity contribution >= 4 is 31.6 Å². The van der Waals surface area contributed by atoms with Crippen LogP contribution in [0.15, 0.2) is 47.4 Å². The summed E-state index contributed by atoms with van der Waals surface area (Å²) >= 11 is 0. The Kier molecular flexibility index (Phi) is 6.16. The Morgan fingerprint density at radius 3 is 2.53 bits per heavy atom. The van der Waals surface area contributed by atoms with Crippen LogP contribution in [0.5, 0.6) is 0 Å². The third-order valence-electron chi connectivity index (χ3n) is 4.78.